The average Bonchev–Trinajstić information content (AvgIpc) is 3.28. The lowest BCUT2D eigenvalue weighted by atomic mass is 9.70. The number of carbonyl (C=O) groups is 3. The molecule has 0 aromatic heterocycles. The van der Waals surface area contributed by atoms with Gasteiger partial charge >= 0.3 is 5.97 Å². The number of ether oxygens (including phenoxy) is 2. The number of hydrogen-bond acceptors (Lipinski definition) is 6. The van der Waals surface area contributed by atoms with Crippen LogP contribution in [0, 0.1) is 11.8 Å². The molecule has 3 fully saturated rings. The fraction of sp³-hybridized carbons (Fsp3) is 0.850. The van der Waals surface area contributed by atoms with E-state index in [0.717, 1.165) is 12.8 Å². The van der Waals surface area contributed by atoms with E-state index in [1.54, 1.807) is 13.8 Å². The van der Waals surface area contributed by atoms with Crippen LogP contribution in [0.1, 0.15) is 53.4 Å². The number of carbonyl (C=O) groups excluding carboxylic acids is 3. The number of hydrogen-bond donors (Lipinski definition) is 2. The van der Waals surface area contributed by atoms with Crippen molar-refractivity contribution < 1.29 is 29.0 Å². The van der Waals surface area contributed by atoms with Crippen LogP contribution in [0.4, 0.5) is 0 Å². The van der Waals surface area contributed by atoms with Crippen LogP contribution in [0.3, 0.4) is 0 Å². The van der Waals surface area contributed by atoms with Crippen LogP contribution in [0.2, 0.25) is 0 Å². The zero-order valence-corrected chi connectivity index (χ0v) is 17.1. The molecule has 7 atom stereocenters. The summed E-state index contributed by atoms with van der Waals surface area (Å²) in [6, 6.07) is -1.43. The summed E-state index contributed by atoms with van der Waals surface area (Å²) in [5, 5.41) is 12.7. The maximum atomic E-state index is 13.4. The van der Waals surface area contributed by atoms with E-state index in [1.165, 1.54) is 4.90 Å². The van der Waals surface area contributed by atoms with Gasteiger partial charge in [0, 0.05) is 6.04 Å². The lowest BCUT2D eigenvalue weighted by Gasteiger charge is -2.36. The number of aliphatic hydroxyl groups excluding tert-OH is 1. The Morgan fingerprint density at radius 1 is 1.39 bits per heavy atom. The Labute approximate surface area is 165 Å². The summed E-state index contributed by atoms with van der Waals surface area (Å²) in [6.45, 7) is 7.37. The van der Waals surface area contributed by atoms with Crippen molar-refractivity contribution in [1.29, 1.82) is 0 Å². The minimum atomic E-state index is -1.03. The van der Waals surface area contributed by atoms with E-state index < -0.39 is 41.6 Å². The predicted octanol–water partition coefficient (Wildman–Crippen LogP) is 0.610. The number of aliphatic hydroxyl groups is 1. The van der Waals surface area contributed by atoms with Gasteiger partial charge in [0.25, 0.3) is 0 Å². The smallest absolute Gasteiger partial charge is 0.312 e. The molecule has 1 spiro atoms. The molecule has 0 aromatic rings. The van der Waals surface area contributed by atoms with E-state index in [1.807, 2.05) is 13.8 Å². The van der Waals surface area contributed by atoms with Crippen molar-refractivity contribution in [3.8, 4) is 0 Å². The van der Waals surface area contributed by atoms with Crippen LogP contribution in [0.25, 0.3) is 0 Å². The van der Waals surface area contributed by atoms with Crippen LogP contribution in [-0.4, -0.2) is 70.8 Å². The molecule has 158 valence electrons. The maximum absolute atomic E-state index is 13.4. The molecule has 8 heteroatoms. The lowest BCUT2D eigenvalue weighted by molar-refractivity contribution is -0.155. The number of esters is 1. The van der Waals surface area contributed by atoms with Crippen molar-refractivity contribution in [1.82, 2.24) is 10.2 Å². The molecular formula is C20H32N2O6. The van der Waals surface area contributed by atoms with Crippen molar-refractivity contribution in [3.05, 3.63) is 0 Å². The summed E-state index contributed by atoms with van der Waals surface area (Å²) in [5.41, 5.74) is -1.03. The van der Waals surface area contributed by atoms with Gasteiger partial charge < -0.3 is 24.8 Å². The van der Waals surface area contributed by atoms with Crippen molar-refractivity contribution in [2.75, 3.05) is 13.2 Å². The van der Waals surface area contributed by atoms with Gasteiger partial charge in [-0.25, -0.2) is 0 Å². The first-order chi connectivity index (χ1) is 13.3. The zero-order valence-electron chi connectivity index (χ0n) is 17.1. The molecule has 0 radical (unpaired) electrons. The molecule has 3 aliphatic rings. The fourth-order valence-electron chi connectivity index (χ4n) is 5.29. The third-order valence-electron chi connectivity index (χ3n) is 6.39. The summed E-state index contributed by atoms with van der Waals surface area (Å²) in [4.78, 5) is 40.6. The first kappa shape index (κ1) is 21.0. The Morgan fingerprint density at radius 2 is 2.11 bits per heavy atom. The van der Waals surface area contributed by atoms with E-state index >= 15 is 0 Å². The highest BCUT2D eigenvalue weighted by molar-refractivity contribution is 5.98. The number of rotatable bonds is 8. The molecule has 28 heavy (non-hydrogen) atoms. The molecule has 2 amide bonds. The van der Waals surface area contributed by atoms with E-state index in [0.29, 0.717) is 12.8 Å². The van der Waals surface area contributed by atoms with Crippen LogP contribution < -0.4 is 5.32 Å². The van der Waals surface area contributed by atoms with Gasteiger partial charge in [0.2, 0.25) is 11.8 Å². The second-order valence-electron chi connectivity index (χ2n) is 8.28. The molecular weight excluding hydrogens is 364 g/mol. The monoisotopic (exact) mass is 396 g/mol. The number of likely N-dealkylation sites (tertiary alicyclic amines) is 1. The Bertz CT molecular complexity index is 640. The third kappa shape index (κ3) is 3.10. The molecule has 3 rings (SSSR count). The SMILES string of the molecule is CCCC(C)NC(=O)C1N([C@H](C)CO)C(=O)[C@@H]2[C@H](C(=O)OCC)[C@@H]3CCC12O3. The highest BCUT2D eigenvalue weighted by atomic mass is 16.6. The summed E-state index contributed by atoms with van der Waals surface area (Å²) >= 11 is 0. The van der Waals surface area contributed by atoms with Gasteiger partial charge in [0.05, 0.1) is 37.2 Å². The fourth-order valence-corrected chi connectivity index (χ4v) is 5.29. The van der Waals surface area contributed by atoms with Gasteiger partial charge in [-0.3, -0.25) is 14.4 Å². The van der Waals surface area contributed by atoms with Gasteiger partial charge in [-0.05, 0) is 40.0 Å². The Hall–Kier alpha value is -1.67. The molecule has 3 unspecified atom stereocenters. The highest BCUT2D eigenvalue weighted by Crippen LogP contribution is 2.58. The molecule has 3 heterocycles. The van der Waals surface area contributed by atoms with Crippen LogP contribution in [0.15, 0.2) is 0 Å². The Kier molecular flexibility index (Phi) is 6.00. The van der Waals surface area contributed by atoms with Gasteiger partial charge in [-0.1, -0.05) is 13.3 Å². The van der Waals surface area contributed by atoms with Crippen LogP contribution in [0.5, 0.6) is 0 Å². The summed E-state index contributed by atoms with van der Waals surface area (Å²) in [7, 11) is 0. The standard InChI is InChI=1S/C20H32N2O6/c1-5-7-11(3)21-17(24)16-20-9-8-13(28-20)14(19(26)27-6-2)15(20)18(25)22(16)12(4)10-23/h11-16,23H,5-10H2,1-4H3,(H,21,24)/t11?,12-,13+,14-,15+,16?,20?/m1/s1. The van der Waals surface area contributed by atoms with Crippen molar-refractivity contribution in [2.45, 2.75) is 83.2 Å². The van der Waals surface area contributed by atoms with Crippen molar-refractivity contribution >= 4 is 17.8 Å². The summed E-state index contributed by atoms with van der Waals surface area (Å²) < 4.78 is 11.4. The van der Waals surface area contributed by atoms with E-state index in [9.17, 15) is 19.5 Å². The molecule has 0 aromatic carbocycles. The van der Waals surface area contributed by atoms with Gasteiger partial charge in [-0.2, -0.15) is 0 Å². The second kappa shape index (κ2) is 7.99. The molecule has 2 bridgehead atoms. The van der Waals surface area contributed by atoms with E-state index in [-0.39, 0.29) is 31.1 Å². The second-order valence-corrected chi connectivity index (χ2v) is 8.28. The first-order valence-electron chi connectivity index (χ1n) is 10.4. The van der Waals surface area contributed by atoms with Crippen molar-refractivity contribution in [3.63, 3.8) is 0 Å². The number of nitrogens with zero attached hydrogens (tertiary/aromatic N) is 1. The predicted molar refractivity (Wildman–Crippen MR) is 100 cm³/mol. The summed E-state index contributed by atoms with van der Waals surface area (Å²) in [5.74, 6) is -2.45. The number of amides is 2. The highest BCUT2D eigenvalue weighted by Gasteiger charge is 2.75. The molecule has 3 aliphatic heterocycles. The van der Waals surface area contributed by atoms with Gasteiger partial charge in [-0.15, -0.1) is 0 Å². The quantitative estimate of drug-likeness (QED) is 0.583. The normalized spacial score (nSPS) is 35.6. The van der Waals surface area contributed by atoms with Crippen LogP contribution in [-0.2, 0) is 23.9 Å². The Morgan fingerprint density at radius 3 is 2.71 bits per heavy atom. The minimum Gasteiger partial charge on any atom is -0.466 e. The number of fused-ring (bicyclic) bond motifs is 1. The largest absolute Gasteiger partial charge is 0.466 e. The molecule has 2 N–H and O–H groups in total. The topological polar surface area (TPSA) is 105 Å². The lowest BCUT2D eigenvalue weighted by Crippen LogP contribution is -2.58. The maximum Gasteiger partial charge on any atom is 0.312 e. The molecule has 8 nitrogen and oxygen atoms in total. The average molecular weight is 396 g/mol. The Balaban J connectivity index is 1.96. The third-order valence-corrected chi connectivity index (χ3v) is 6.39. The molecule has 0 aliphatic carbocycles. The van der Waals surface area contributed by atoms with E-state index in [2.05, 4.69) is 5.32 Å². The van der Waals surface area contributed by atoms with Gasteiger partial charge in [0.1, 0.15) is 11.6 Å². The number of nitrogens with one attached hydrogen (secondary N) is 1. The van der Waals surface area contributed by atoms with Gasteiger partial charge in [0.15, 0.2) is 0 Å². The molecule has 3 saturated heterocycles. The van der Waals surface area contributed by atoms with Crippen LogP contribution >= 0.6 is 0 Å². The first-order valence-corrected chi connectivity index (χ1v) is 10.4. The summed E-state index contributed by atoms with van der Waals surface area (Å²) in [6.07, 6.45) is 2.51. The van der Waals surface area contributed by atoms with Crippen molar-refractivity contribution in [2.24, 2.45) is 11.8 Å². The molecule has 0 saturated carbocycles. The minimum absolute atomic E-state index is 0.0335. The van der Waals surface area contributed by atoms with E-state index in [4.69, 9.17) is 9.47 Å². The zero-order chi connectivity index (χ0) is 20.6.